The minimum atomic E-state index is -1.04. The zero-order valence-corrected chi connectivity index (χ0v) is 18.0. The highest BCUT2D eigenvalue weighted by molar-refractivity contribution is 7.03. The van der Waals surface area contributed by atoms with Crippen molar-refractivity contribution in [3.63, 3.8) is 0 Å². The van der Waals surface area contributed by atoms with E-state index in [4.69, 9.17) is 4.42 Å². The van der Waals surface area contributed by atoms with Crippen LogP contribution in [-0.4, -0.2) is 31.8 Å². The van der Waals surface area contributed by atoms with Gasteiger partial charge in [-0.25, -0.2) is 4.39 Å². The Bertz CT molecular complexity index is 1010. The van der Waals surface area contributed by atoms with E-state index in [2.05, 4.69) is 14.9 Å². The van der Waals surface area contributed by atoms with Crippen LogP contribution < -0.4 is 5.32 Å². The van der Waals surface area contributed by atoms with Gasteiger partial charge in [-0.2, -0.15) is 0 Å². The quantitative estimate of drug-likeness (QED) is 0.641. The molecular formula is C21H23FN4O3S. The number of nitrogens with zero attached hydrogens (tertiary/aromatic N) is 3. The normalized spacial score (nSPS) is 12.4. The van der Waals surface area contributed by atoms with Crippen molar-refractivity contribution in [1.82, 2.24) is 19.8 Å². The van der Waals surface area contributed by atoms with Gasteiger partial charge in [0.15, 0.2) is 11.7 Å². The number of furan rings is 1. The van der Waals surface area contributed by atoms with Crippen molar-refractivity contribution in [3.05, 3.63) is 70.4 Å². The first-order valence-electron chi connectivity index (χ1n) is 9.35. The molecule has 9 heteroatoms. The molecular weight excluding hydrogens is 407 g/mol. The van der Waals surface area contributed by atoms with Gasteiger partial charge in [-0.3, -0.25) is 9.59 Å². The predicted octanol–water partition coefficient (Wildman–Crippen LogP) is 3.88. The van der Waals surface area contributed by atoms with E-state index in [-0.39, 0.29) is 18.1 Å². The van der Waals surface area contributed by atoms with Crippen LogP contribution in [0.15, 0.2) is 46.2 Å². The second-order valence-corrected chi connectivity index (χ2v) is 8.55. The summed E-state index contributed by atoms with van der Waals surface area (Å²) in [5, 5.41) is 8.30. The Morgan fingerprint density at radius 2 is 1.90 bits per heavy atom. The second-order valence-electron chi connectivity index (χ2n) is 7.94. The summed E-state index contributed by atoms with van der Waals surface area (Å²) < 4.78 is 22.9. The lowest BCUT2D eigenvalue weighted by Gasteiger charge is -2.32. The lowest BCUT2D eigenvalue weighted by molar-refractivity contribution is -0.128. The van der Waals surface area contributed by atoms with Crippen molar-refractivity contribution in [2.75, 3.05) is 0 Å². The molecule has 30 heavy (non-hydrogen) atoms. The Morgan fingerprint density at radius 1 is 1.20 bits per heavy atom. The van der Waals surface area contributed by atoms with Gasteiger partial charge in [0.2, 0.25) is 0 Å². The minimum absolute atomic E-state index is 0.0542. The molecule has 2 aromatic heterocycles. The highest BCUT2D eigenvalue weighted by atomic mass is 32.1. The van der Waals surface area contributed by atoms with Crippen molar-refractivity contribution in [2.24, 2.45) is 0 Å². The fourth-order valence-corrected chi connectivity index (χ4v) is 3.36. The average Bonchev–Trinajstić information content (AvgIpc) is 3.33. The number of rotatable bonds is 6. The van der Waals surface area contributed by atoms with Crippen LogP contribution in [0.5, 0.6) is 0 Å². The summed E-state index contributed by atoms with van der Waals surface area (Å²) in [5.74, 6) is -0.313. The Labute approximate surface area is 178 Å². The number of nitrogens with one attached hydrogen (secondary N) is 1. The lowest BCUT2D eigenvalue weighted by atomic mass is 10.1. The van der Waals surface area contributed by atoms with Crippen LogP contribution in [0.3, 0.4) is 0 Å². The number of hydrogen-bond donors (Lipinski definition) is 1. The number of halogens is 1. The zero-order valence-electron chi connectivity index (χ0n) is 17.2. The van der Waals surface area contributed by atoms with E-state index in [9.17, 15) is 14.0 Å². The molecule has 0 bridgehead atoms. The molecule has 158 valence electrons. The van der Waals surface area contributed by atoms with Crippen molar-refractivity contribution in [1.29, 1.82) is 0 Å². The third kappa shape index (κ3) is 5.29. The summed E-state index contributed by atoms with van der Waals surface area (Å²) in [7, 11) is 0. The monoisotopic (exact) mass is 430 g/mol. The van der Waals surface area contributed by atoms with E-state index in [0.717, 1.165) is 11.5 Å². The van der Waals surface area contributed by atoms with Gasteiger partial charge < -0.3 is 14.6 Å². The highest BCUT2D eigenvalue weighted by Crippen LogP contribution is 2.28. The first-order chi connectivity index (χ1) is 14.1. The maximum absolute atomic E-state index is 13.4. The first kappa shape index (κ1) is 21.6. The van der Waals surface area contributed by atoms with E-state index in [1.165, 1.54) is 22.4 Å². The van der Waals surface area contributed by atoms with Crippen LogP contribution >= 0.6 is 11.5 Å². The Morgan fingerprint density at radius 3 is 2.43 bits per heavy atom. The molecule has 0 saturated carbocycles. The zero-order chi connectivity index (χ0) is 21.9. The van der Waals surface area contributed by atoms with Crippen LogP contribution in [0.4, 0.5) is 4.39 Å². The molecule has 0 spiro atoms. The van der Waals surface area contributed by atoms with Crippen LogP contribution in [0.2, 0.25) is 0 Å². The van der Waals surface area contributed by atoms with Gasteiger partial charge in [-0.1, -0.05) is 16.6 Å². The van der Waals surface area contributed by atoms with Crippen LogP contribution in [0.25, 0.3) is 0 Å². The summed E-state index contributed by atoms with van der Waals surface area (Å²) in [5.41, 5.74) is 0.257. The summed E-state index contributed by atoms with van der Waals surface area (Å²) >= 11 is 1.04. The molecule has 0 saturated heterocycles. The molecule has 0 radical (unpaired) electrons. The van der Waals surface area contributed by atoms with Crippen molar-refractivity contribution >= 4 is 23.3 Å². The molecule has 3 rings (SSSR count). The molecule has 2 amide bonds. The third-order valence-corrected chi connectivity index (χ3v) is 4.70. The van der Waals surface area contributed by atoms with Gasteiger partial charge in [0, 0.05) is 17.5 Å². The van der Waals surface area contributed by atoms with E-state index in [0.29, 0.717) is 17.1 Å². The minimum Gasteiger partial charge on any atom is -0.464 e. The van der Waals surface area contributed by atoms with E-state index < -0.39 is 23.4 Å². The summed E-state index contributed by atoms with van der Waals surface area (Å²) in [4.78, 5) is 27.9. The molecule has 1 atom stereocenters. The largest absolute Gasteiger partial charge is 0.464 e. The molecule has 0 fully saturated rings. The number of aryl methyl sites for hydroxylation is 1. The van der Waals surface area contributed by atoms with Gasteiger partial charge in [-0.05, 0) is 69.1 Å². The van der Waals surface area contributed by atoms with Gasteiger partial charge in [0.05, 0.1) is 0 Å². The topological polar surface area (TPSA) is 88.3 Å². The number of amides is 2. The number of aromatic nitrogens is 2. The van der Waals surface area contributed by atoms with Gasteiger partial charge in [0.1, 0.15) is 17.3 Å². The molecule has 1 aromatic carbocycles. The molecule has 1 N–H and O–H groups in total. The summed E-state index contributed by atoms with van der Waals surface area (Å²) in [6, 6.07) is 8.12. The molecule has 3 aromatic rings. The summed E-state index contributed by atoms with van der Waals surface area (Å²) in [6.45, 7) is 7.38. The number of carbonyl (C=O) groups excluding carboxylic acids is 2. The number of hydrogen-bond acceptors (Lipinski definition) is 6. The van der Waals surface area contributed by atoms with Gasteiger partial charge >= 0.3 is 0 Å². The van der Waals surface area contributed by atoms with Crippen LogP contribution in [0, 0.1) is 12.7 Å². The fourth-order valence-electron chi connectivity index (χ4n) is 2.93. The van der Waals surface area contributed by atoms with Crippen molar-refractivity contribution in [2.45, 2.75) is 45.8 Å². The molecule has 7 nitrogen and oxygen atoms in total. The lowest BCUT2D eigenvalue weighted by Crippen LogP contribution is -2.49. The molecule has 0 aliphatic rings. The van der Waals surface area contributed by atoms with E-state index >= 15 is 0 Å². The number of carbonyl (C=O) groups is 2. The Kier molecular flexibility index (Phi) is 6.31. The molecule has 2 heterocycles. The average molecular weight is 431 g/mol. The molecule has 0 aliphatic carbocycles. The highest BCUT2D eigenvalue weighted by Gasteiger charge is 2.36. The Balaban J connectivity index is 2.05. The van der Waals surface area contributed by atoms with Crippen molar-refractivity contribution < 1.29 is 18.4 Å². The standard InChI is InChI=1S/C21H23FN4O3S/c1-13-5-10-17(29-13)18(19(27)23-21(2,3)4)26(20(28)16-12-30-25-24-16)11-14-6-8-15(22)9-7-14/h5-10,12,18H,11H2,1-4H3,(H,23,27). The maximum atomic E-state index is 13.4. The smallest absolute Gasteiger partial charge is 0.276 e. The predicted molar refractivity (Wildman–Crippen MR) is 110 cm³/mol. The van der Waals surface area contributed by atoms with Gasteiger partial charge in [0.25, 0.3) is 11.8 Å². The summed E-state index contributed by atoms with van der Waals surface area (Å²) in [6.07, 6.45) is 0. The third-order valence-electron chi connectivity index (χ3n) is 4.20. The second kappa shape index (κ2) is 8.74. The SMILES string of the molecule is Cc1ccc(C(C(=O)NC(C)(C)C)N(Cc2ccc(F)cc2)C(=O)c2csnn2)o1. The molecule has 0 aliphatic heterocycles. The van der Waals surface area contributed by atoms with E-state index in [1.54, 1.807) is 31.2 Å². The van der Waals surface area contributed by atoms with Gasteiger partial charge in [-0.15, -0.1) is 5.10 Å². The molecule has 1 unspecified atom stereocenters. The fraction of sp³-hybridized carbons (Fsp3) is 0.333. The maximum Gasteiger partial charge on any atom is 0.276 e. The van der Waals surface area contributed by atoms with Crippen molar-refractivity contribution in [3.8, 4) is 0 Å². The first-order valence-corrected chi connectivity index (χ1v) is 10.2. The van der Waals surface area contributed by atoms with E-state index in [1.807, 2.05) is 20.8 Å². The van der Waals surface area contributed by atoms with Crippen LogP contribution in [0.1, 0.15) is 54.4 Å². The van der Waals surface area contributed by atoms with Crippen LogP contribution in [-0.2, 0) is 11.3 Å². The number of benzene rings is 1. The Hall–Kier alpha value is -3.07.